The highest BCUT2D eigenvalue weighted by molar-refractivity contribution is 7.81. The van der Waals surface area contributed by atoms with Gasteiger partial charge in [-0.2, -0.15) is 18.4 Å². The summed E-state index contributed by atoms with van der Waals surface area (Å²) in [4.78, 5) is 57.5. The van der Waals surface area contributed by atoms with Gasteiger partial charge >= 0.3 is 6.18 Å². The average molecular weight is 823 g/mol. The standard InChI is InChI=1S/C41H46F4N8O4S/c1-24-21-50(22-25(2)51(24)23-36(55)48-29-9-5-8-28(17-29)47-34-14-15-35(54)49-37(34)56)16-6-7-26-10-13-31(19-33(26)42)53-39(58)52(38(57)40(53,3)4)30-12-11-27(20-46)32(18-30)41(43,44)45/h5,8-13,17-19,24-25,34,39,47,58H,6-7,14-16,21-23H2,1-4H3,(H,48,55)(H,49,54,56)/t24-,25+,34?,39?. The van der Waals surface area contributed by atoms with E-state index in [1.165, 1.54) is 12.1 Å². The van der Waals surface area contributed by atoms with E-state index in [0.29, 0.717) is 61.5 Å². The topological polar surface area (TPSA) is 141 Å². The molecule has 0 aromatic heterocycles. The summed E-state index contributed by atoms with van der Waals surface area (Å²) in [7, 11) is 0. The van der Waals surface area contributed by atoms with Crippen LogP contribution in [0.5, 0.6) is 0 Å². The predicted octanol–water partition coefficient (Wildman–Crippen LogP) is 5.74. The quantitative estimate of drug-likeness (QED) is 0.108. The Balaban J connectivity index is 1.01. The second-order valence-corrected chi connectivity index (χ2v) is 16.0. The molecule has 0 radical (unpaired) electrons. The first-order valence-corrected chi connectivity index (χ1v) is 19.6. The van der Waals surface area contributed by atoms with Crippen molar-refractivity contribution in [3.63, 3.8) is 0 Å². The zero-order valence-corrected chi connectivity index (χ0v) is 33.5. The number of rotatable bonds is 11. The van der Waals surface area contributed by atoms with Gasteiger partial charge in [0, 0.05) is 54.3 Å². The van der Waals surface area contributed by atoms with Gasteiger partial charge in [-0.25, -0.2) is 4.39 Å². The molecular formula is C41H46F4N8O4S. The Hall–Kier alpha value is -5.18. The molecule has 308 valence electrons. The maximum absolute atomic E-state index is 15.6. The molecule has 3 saturated heterocycles. The molecule has 0 spiro atoms. The molecule has 12 nitrogen and oxygen atoms in total. The number of nitrogens with zero attached hydrogens (tertiary/aromatic N) is 5. The van der Waals surface area contributed by atoms with E-state index < -0.39 is 46.1 Å². The summed E-state index contributed by atoms with van der Waals surface area (Å²) in [5, 5.41) is 17.6. The van der Waals surface area contributed by atoms with Crippen LogP contribution in [0.15, 0.2) is 60.7 Å². The number of carbonyl (C=O) groups excluding carboxylic acids is 4. The van der Waals surface area contributed by atoms with Crippen LogP contribution in [-0.2, 0) is 31.8 Å². The Labute approximate surface area is 339 Å². The highest BCUT2D eigenvalue weighted by atomic mass is 32.1. The zero-order chi connectivity index (χ0) is 42.1. The van der Waals surface area contributed by atoms with Gasteiger partial charge in [0.2, 0.25) is 17.7 Å². The number of piperidine rings is 1. The predicted molar refractivity (Wildman–Crippen MR) is 215 cm³/mol. The van der Waals surface area contributed by atoms with E-state index in [1.807, 2.05) is 0 Å². The minimum atomic E-state index is -4.81. The Morgan fingerprint density at radius 3 is 2.34 bits per heavy atom. The third-order valence-corrected chi connectivity index (χ3v) is 11.4. The number of aryl methyl sites for hydroxylation is 1. The highest BCUT2D eigenvalue weighted by Gasteiger charge is 2.52. The Morgan fingerprint density at radius 1 is 1.00 bits per heavy atom. The number of amides is 4. The molecule has 4 atom stereocenters. The summed E-state index contributed by atoms with van der Waals surface area (Å²) >= 11 is 4.61. The van der Waals surface area contributed by atoms with E-state index in [1.54, 1.807) is 61.2 Å². The molecule has 58 heavy (non-hydrogen) atoms. The van der Waals surface area contributed by atoms with E-state index in [9.17, 15) is 37.6 Å². The number of alkyl halides is 3. The molecule has 0 saturated carbocycles. The lowest BCUT2D eigenvalue weighted by molar-refractivity contribution is -0.138. The zero-order valence-electron chi connectivity index (χ0n) is 32.6. The van der Waals surface area contributed by atoms with Crippen molar-refractivity contribution in [3.05, 3.63) is 83.2 Å². The van der Waals surface area contributed by atoms with Crippen LogP contribution in [0.4, 0.5) is 40.3 Å². The van der Waals surface area contributed by atoms with Gasteiger partial charge in [-0.1, -0.05) is 12.1 Å². The normalized spacial score (nSPS) is 22.8. The maximum Gasteiger partial charge on any atom is 0.417 e. The number of carbonyl (C=O) groups is 4. The highest BCUT2D eigenvalue weighted by Crippen LogP contribution is 2.42. The van der Waals surface area contributed by atoms with E-state index in [0.717, 1.165) is 17.0 Å². The lowest BCUT2D eigenvalue weighted by Gasteiger charge is -2.44. The molecule has 3 aromatic carbocycles. The molecule has 4 amide bonds. The van der Waals surface area contributed by atoms with Crippen molar-refractivity contribution in [1.82, 2.24) is 15.1 Å². The van der Waals surface area contributed by atoms with Gasteiger partial charge in [0.25, 0.3) is 5.91 Å². The number of nitriles is 1. The number of benzene rings is 3. The average Bonchev–Trinajstić information content (AvgIpc) is 3.33. The summed E-state index contributed by atoms with van der Waals surface area (Å²) in [6.07, 6.45) is -3.07. The van der Waals surface area contributed by atoms with Crippen LogP contribution in [0.25, 0.3) is 0 Å². The fraction of sp³-hybridized carbons (Fsp3) is 0.439. The van der Waals surface area contributed by atoms with Crippen LogP contribution >= 0.6 is 12.6 Å². The van der Waals surface area contributed by atoms with Gasteiger partial charge in [-0.15, -0.1) is 12.6 Å². The second kappa shape index (κ2) is 17.0. The van der Waals surface area contributed by atoms with Gasteiger partial charge in [0.05, 0.1) is 23.7 Å². The van der Waals surface area contributed by atoms with E-state index in [-0.39, 0.29) is 48.5 Å². The number of piperazine rings is 1. The minimum absolute atomic E-state index is 0.0654. The van der Waals surface area contributed by atoms with Gasteiger partial charge in [-0.05, 0) is 108 Å². The number of imide groups is 1. The molecule has 3 heterocycles. The van der Waals surface area contributed by atoms with Gasteiger partial charge in [-0.3, -0.25) is 34.3 Å². The van der Waals surface area contributed by atoms with Crippen molar-refractivity contribution >= 4 is 59.0 Å². The molecule has 3 aromatic rings. The first-order chi connectivity index (χ1) is 27.4. The molecule has 0 bridgehead atoms. The van der Waals surface area contributed by atoms with Crippen molar-refractivity contribution in [2.24, 2.45) is 0 Å². The molecule has 0 aliphatic carbocycles. The summed E-state index contributed by atoms with van der Waals surface area (Å²) < 4.78 is 56.8. The fourth-order valence-corrected chi connectivity index (χ4v) is 8.72. The smallest absolute Gasteiger partial charge is 0.374 e. The van der Waals surface area contributed by atoms with Gasteiger partial charge in [0.1, 0.15) is 17.4 Å². The Morgan fingerprint density at radius 2 is 1.69 bits per heavy atom. The molecule has 3 fully saturated rings. The molecule has 3 aliphatic heterocycles. The second-order valence-electron chi connectivity index (χ2n) is 15.6. The van der Waals surface area contributed by atoms with Crippen molar-refractivity contribution in [3.8, 4) is 6.07 Å². The van der Waals surface area contributed by atoms with Crippen LogP contribution in [0, 0.1) is 17.1 Å². The summed E-state index contributed by atoms with van der Waals surface area (Å²) in [5.74, 6) is -1.86. The summed E-state index contributed by atoms with van der Waals surface area (Å²) in [5.41, 5.74) is -2.11. The first kappa shape index (κ1) is 42.4. The molecule has 17 heteroatoms. The number of hydrogen-bond donors (Lipinski definition) is 4. The number of hydrogen-bond acceptors (Lipinski definition) is 10. The number of nitrogens with one attached hydrogen (secondary N) is 3. The van der Waals surface area contributed by atoms with Crippen molar-refractivity contribution in [2.45, 2.75) is 88.7 Å². The lowest BCUT2D eigenvalue weighted by Crippen LogP contribution is -2.58. The molecule has 3 aliphatic rings. The van der Waals surface area contributed by atoms with Crippen LogP contribution in [-0.4, -0.2) is 88.8 Å². The van der Waals surface area contributed by atoms with Crippen LogP contribution < -0.4 is 25.8 Å². The minimum Gasteiger partial charge on any atom is -0.374 e. The maximum atomic E-state index is 15.6. The number of thiol groups is 1. The van der Waals surface area contributed by atoms with Crippen molar-refractivity contribution < 1.29 is 36.7 Å². The van der Waals surface area contributed by atoms with E-state index in [2.05, 4.69) is 52.2 Å². The van der Waals surface area contributed by atoms with Crippen LogP contribution in [0.3, 0.4) is 0 Å². The van der Waals surface area contributed by atoms with E-state index in [4.69, 9.17) is 0 Å². The van der Waals surface area contributed by atoms with Gasteiger partial charge in [0.15, 0.2) is 5.50 Å². The number of halogens is 4. The van der Waals surface area contributed by atoms with Crippen molar-refractivity contribution in [2.75, 3.05) is 46.6 Å². The third kappa shape index (κ3) is 9.09. The SMILES string of the molecule is C[C@@H]1CN(CCCc2ccc(N3C(S)N(c4ccc(C#N)c(C(F)(F)F)c4)C(=O)C3(C)C)cc2F)C[C@H](C)N1CC(=O)Nc1cccc(NC2CCC(=O)NC2=O)c1. The molecule has 2 unspecified atom stereocenters. The fourth-order valence-electron chi connectivity index (χ4n) is 8.06. The Kier molecular flexibility index (Phi) is 12.4. The Bertz CT molecular complexity index is 2120. The molecule has 3 N–H and O–H groups in total. The largest absolute Gasteiger partial charge is 0.417 e. The first-order valence-electron chi connectivity index (χ1n) is 19.1. The molecule has 6 rings (SSSR count). The summed E-state index contributed by atoms with van der Waals surface area (Å²) in [6, 6.07) is 15.9. The van der Waals surface area contributed by atoms with Gasteiger partial charge < -0.3 is 20.4 Å². The van der Waals surface area contributed by atoms with Crippen molar-refractivity contribution in [1.29, 1.82) is 5.26 Å². The number of anilines is 4. The molecular weight excluding hydrogens is 777 g/mol. The lowest BCUT2D eigenvalue weighted by atomic mass is 10.0. The summed E-state index contributed by atoms with van der Waals surface area (Å²) in [6.45, 7) is 9.64. The van der Waals surface area contributed by atoms with E-state index >= 15 is 4.39 Å². The van der Waals surface area contributed by atoms with Crippen LogP contribution in [0.1, 0.15) is 63.6 Å². The third-order valence-electron chi connectivity index (χ3n) is 11.0. The van der Waals surface area contributed by atoms with Crippen LogP contribution in [0.2, 0.25) is 0 Å². The monoisotopic (exact) mass is 822 g/mol.